The number of nitrogen functional groups attached to an aromatic ring is 1. The van der Waals surface area contributed by atoms with Crippen molar-refractivity contribution in [1.82, 2.24) is 0 Å². The van der Waals surface area contributed by atoms with Crippen molar-refractivity contribution in [2.24, 2.45) is 0 Å². The predicted molar refractivity (Wildman–Crippen MR) is 89.1 cm³/mol. The van der Waals surface area contributed by atoms with Crippen molar-refractivity contribution in [3.05, 3.63) is 54.1 Å². The predicted octanol–water partition coefficient (Wildman–Crippen LogP) is 2.81. The number of benzene rings is 2. The fourth-order valence-corrected chi connectivity index (χ4v) is 2.09. The van der Waals surface area contributed by atoms with Crippen molar-refractivity contribution in [1.29, 1.82) is 0 Å². The van der Waals surface area contributed by atoms with E-state index < -0.39 is 29.5 Å². The van der Waals surface area contributed by atoms with Gasteiger partial charge in [-0.2, -0.15) is 13.2 Å². The van der Waals surface area contributed by atoms with E-state index in [9.17, 15) is 27.6 Å². The third-order valence-electron chi connectivity index (χ3n) is 3.33. The molecule has 0 radical (unpaired) electrons. The Balaban J connectivity index is 2.17. The minimum Gasteiger partial charge on any atom is -0.399 e. The minimum atomic E-state index is -4.51. The van der Waals surface area contributed by atoms with E-state index in [1.807, 2.05) is 0 Å². The highest BCUT2D eigenvalue weighted by molar-refractivity contribution is 6.48. The van der Waals surface area contributed by atoms with Gasteiger partial charge in [-0.3, -0.25) is 14.4 Å². The smallest absolute Gasteiger partial charge is 0.399 e. The number of halogens is 3. The molecule has 9 heteroatoms. The molecular formula is C17H14F3N3O3. The summed E-state index contributed by atoms with van der Waals surface area (Å²) in [5.41, 5.74) is 5.17. The molecule has 0 bridgehead atoms. The first-order valence-electron chi connectivity index (χ1n) is 7.28. The Morgan fingerprint density at radius 3 is 1.96 bits per heavy atom. The largest absolute Gasteiger partial charge is 0.416 e. The first-order chi connectivity index (χ1) is 12.1. The lowest BCUT2D eigenvalue weighted by molar-refractivity contribution is -0.137. The second-order valence-corrected chi connectivity index (χ2v) is 5.28. The summed E-state index contributed by atoms with van der Waals surface area (Å²) in [5, 5.41) is 2.16. The third kappa shape index (κ3) is 4.38. The Morgan fingerprint density at radius 2 is 1.50 bits per heavy atom. The van der Waals surface area contributed by atoms with Crippen molar-refractivity contribution < 1.29 is 27.6 Å². The highest BCUT2D eigenvalue weighted by atomic mass is 19.4. The maximum atomic E-state index is 12.5. The van der Waals surface area contributed by atoms with E-state index >= 15 is 0 Å². The summed E-state index contributed by atoms with van der Waals surface area (Å²) in [6, 6.07) is 9.23. The summed E-state index contributed by atoms with van der Waals surface area (Å²) in [7, 11) is 0. The van der Waals surface area contributed by atoms with E-state index in [0.717, 1.165) is 31.2 Å². The molecule has 0 aliphatic heterocycles. The van der Waals surface area contributed by atoms with Crippen LogP contribution < -0.4 is 16.0 Å². The van der Waals surface area contributed by atoms with Crippen LogP contribution in [0.15, 0.2) is 48.5 Å². The molecule has 0 aliphatic carbocycles. The molecular weight excluding hydrogens is 351 g/mol. The number of nitrogens with one attached hydrogen (secondary N) is 1. The number of nitrogens with zero attached hydrogens (tertiary/aromatic N) is 1. The zero-order valence-electron chi connectivity index (χ0n) is 13.5. The lowest BCUT2D eigenvalue weighted by atomic mass is 10.2. The molecule has 0 aliphatic rings. The second-order valence-electron chi connectivity index (χ2n) is 5.28. The zero-order valence-corrected chi connectivity index (χ0v) is 13.5. The van der Waals surface area contributed by atoms with Crippen LogP contribution in [0.3, 0.4) is 0 Å². The van der Waals surface area contributed by atoms with Crippen LogP contribution in [0.5, 0.6) is 0 Å². The number of carbonyl (C=O) groups is 3. The maximum Gasteiger partial charge on any atom is 0.416 e. The molecule has 0 unspecified atom stereocenters. The van der Waals surface area contributed by atoms with Gasteiger partial charge in [-0.15, -0.1) is 0 Å². The highest BCUT2D eigenvalue weighted by Crippen LogP contribution is 2.29. The van der Waals surface area contributed by atoms with Crippen molar-refractivity contribution in [3.8, 4) is 0 Å². The molecule has 3 amide bonds. The van der Waals surface area contributed by atoms with Crippen molar-refractivity contribution >= 4 is 34.8 Å². The number of amides is 3. The van der Waals surface area contributed by atoms with Gasteiger partial charge in [-0.05, 0) is 48.5 Å². The summed E-state index contributed by atoms with van der Waals surface area (Å²) in [6.07, 6.45) is -4.51. The SMILES string of the molecule is CC(=O)N(C(=O)C(=O)Nc1ccc(C(F)(F)F)cc1)c1ccc(N)cc1. The van der Waals surface area contributed by atoms with Gasteiger partial charge in [0.15, 0.2) is 0 Å². The van der Waals surface area contributed by atoms with Gasteiger partial charge in [0.25, 0.3) is 0 Å². The first-order valence-corrected chi connectivity index (χ1v) is 7.28. The van der Waals surface area contributed by atoms with Crippen molar-refractivity contribution in [2.75, 3.05) is 16.0 Å². The molecule has 2 aromatic carbocycles. The summed E-state index contributed by atoms with van der Waals surface area (Å²) in [4.78, 5) is 36.8. The number of imide groups is 1. The topological polar surface area (TPSA) is 92.5 Å². The second kappa shape index (κ2) is 7.26. The van der Waals surface area contributed by atoms with Gasteiger partial charge < -0.3 is 11.1 Å². The number of nitrogens with two attached hydrogens (primary N) is 1. The maximum absolute atomic E-state index is 12.5. The van der Waals surface area contributed by atoms with Gasteiger partial charge in [0, 0.05) is 18.3 Å². The molecule has 2 aromatic rings. The fraction of sp³-hybridized carbons (Fsp3) is 0.118. The molecule has 0 aromatic heterocycles. The monoisotopic (exact) mass is 365 g/mol. The van der Waals surface area contributed by atoms with Crippen LogP contribution in [0.25, 0.3) is 0 Å². The lowest BCUT2D eigenvalue weighted by Gasteiger charge is -2.19. The van der Waals surface area contributed by atoms with E-state index in [2.05, 4.69) is 5.32 Å². The van der Waals surface area contributed by atoms with Gasteiger partial charge >= 0.3 is 18.0 Å². The average molecular weight is 365 g/mol. The van der Waals surface area contributed by atoms with E-state index in [-0.39, 0.29) is 11.4 Å². The Morgan fingerprint density at radius 1 is 0.962 bits per heavy atom. The Kier molecular flexibility index (Phi) is 5.30. The van der Waals surface area contributed by atoms with Crippen LogP contribution in [-0.4, -0.2) is 17.7 Å². The number of alkyl halides is 3. The van der Waals surface area contributed by atoms with E-state index in [1.54, 1.807) is 0 Å². The number of rotatable bonds is 2. The van der Waals surface area contributed by atoms with E-state index in [1.165, 1.54) is 24.3 Å². The fourth-order valence-electron chi connectivity index (χ4n) is 2.09. The molecule has 2 rings (SSSR count). The molecule has 3 N–H and O–H groups in total. The van der Waals surface area contributed by atoms with Crippen LogP contribution in [0.4, 0.5) is 30.2 Å². The van der Waals surface area contributed by atoms with Crippen molar-refractivity contribution in [3.63, 3.8) is 0 Å². The number of carbonyl (C=O) groups excluding carboxylic acids is 3. The van der Waals surface area contributed by atoms with Crippen molar-refractivity contribution in [2.45, 2.75) is 13.1 Å². The summed E-state index contributed by atoms with van der Waals surface area (Å²) in [6.45, 7) is 1.10. The molecule has 6 nitrogen and oxygen atoms in total. The van der Waals surface area contributed by atoms with Gasteiger partial charge in [-0.25, -0.2) is 4.90 Å². The number of hydrogen-bond acceptors (Lipinski definition) is 4. The Labute approximate surface area is 146 Å². The zero-order chi connectivity index (χ0) is 19.5. The van der Waals surface area contributed by atoms with Crippen LogP contribution in [-0.2, 0) is 20.6 Å². The van der Waals surface area contributed by atoms with Crippen LogP contribution >= 0.6 is 0 Å². The number of hydrogen-bond donors (Lipinski definition) is 2. The Bertz CT molecular complexity index is 831. The lowest BCUT2D eigenvalue weighted by Crippen LogP contribution is -2.42. The summed E-state index contributed by atoms with van der Waals surface area (Å²) in [5.74, 6) is -3.05. The van der Waals surface area contributed by atoms with Crippen LogP contribution in [0.2, 0.25) is 0 Å². The molecule has 0 atom stereocenters. The molecule has 136 valence electrons. The first kappa shape index (κ1) is 19.0. The highest BCUT2D eigenvalue weighted by Gasteiger charge is 2.30. The van der Waals surface area contributed by atoms with E-state index in [0.29, 0.717) is 10.6 Å². The molecule has 0 saturated heterocycles. The van der Waals surface area contributed by atoms with Gasteiger partial charge in [-0.1, -0.05) is 0 Å². The Hall–Kier alpha value is -3.36. The standard InChI is InChI=1S/C17H14F3N3O3/c1-10(24)23(14-8-4-12(21)5-9-14)16(26)15(25)22-13-6-2-11(3-7-13)17(18,19)20/h2-9H,21H2,1H3,(H,22,25). The summed E-state index contributed by atoms with van der Waals surface area (Å²) < 4.78 is 37.6. The van der Waals surface area contributed by atoms with Crippen LogP contribution in [0.1, 0.15) is 12.5 Å². The quantitative estimate of drug-likeness (QED) is 0.632. The molecule has 0 spiro atoms. The van der Waals surface area contributed by atoms with Crippen LogP contribution in [0, 0.1) is 0 Å². The van der Waals surface area contributed by atoms with Gasteiger partial charge in [0.2, 0.25) is 5.91 Å². The number of anilines is 3. The summed E-state index contributed by atoms with van der Waals surface area (Å²) >= 11 is 0. The van der Waals surface area contributed by atoms with E-state index in [4.69, 9.17) is 5.73 Å². The molecule has 0 fully saturated rings. The van der Waals surface area contributed by atoms with Gasteiger partial charge in [0.1, 0.15) is 0 Å². The van der Waals surface area contributed by atoms with Gasteiger partial charge in [0.05, 0.1) is 11.3 Å². The molecule has 26 heavy (non-hydrogen) atoms. The molecule has 0 heterocycles. The minimum absolute atomic E-state index is 0.0165. The average Bonchev–Trinajstić information content (AvgIpc) is 2.56. The third-order valence-corrected chi connectivity index (χ3v) is 3.33. The molecule has 0 saturated carbocycles. The normalized spacial score (nSPS) is 10.9.